The lowest BCUT2D eigenvalue weighted by atomic mass is 10.1. The molecule has 1 aromatic carbocycles. The Labute approximate surface area is 164 Å². The lowest BCUT2D eigenvalue weighted by molar-refractivity contribution is -0.137. The number of aromatic nitrogens is 3. The van der Waals surface area contributed by atoms with Gasteiger partial charge in [-0.15, -0.1) is 10.2 Å². The highest BCUT2D eigenvalue weighted by molar-refractivity contribution is 5.94. The summed E-state index contributed by atoms with van der Waals surface area (Å²) in [4.78, 5) is 16.0. The highest BCUT2D eigenvalue weighted by atomic mass is 19.4. The molecule has 0 aliphatic heterocycles. The van der Waals surface area contributed by atoms with Crippen molar-refractivity contribution in [3.05, 3.63) is 72.1 Å². The number of amides is 1. The number of halogens is 3. The van der Waals surface area contributed by atoms with Gasteiger partial charge in [-0.25, -0.2) is 0 Å². The Bertz CT molecular complexity index is 931. The minimum Gasteiger partial charge on any atom is -0.367 e. The predicted molar refractivity (Wildman–Crippen MR) is 102 cm³/mol. The number of alkyl halides is 3. The monoisotopic (exact) mass is 402 g/mol. The van der Waals surface area contributed by atoms with Crippen molar-refractivity contribution in [2.24, 2.45) is 0 Å². The molecule has 0 aliphatic rings. The lowest BCUT2D eigenvalue weighted by Crippen LogP contribution is -2.29. The molecular weight excluding hydrogens is 385 g/mol. The van der Waals surface area contributed by atoms with Gasteiger partial charge in [0.05, 0.1) is 17.4 Å². The molecule has 150 valence electrons. The average molecular weight is 402 g/mol. The van der Waals surface area contributed by atoms with E-state index in [1.54, 1.807) is 30.6 Å². The Morgan fingerprint density at radius 2 is 1.66 bits per heavy atom. The van der Waals surface area contributed by atoms with Crippen molar-refractivity contribution in [3.63, 3.8) is 0 Å². The molecule has 2 heterocycles. The van der Waals surface area contributed by atoms with Gasteiger partial charge in [0.15, 0.2) is 5.82 Å². The van der Waals surface area contributed by atoms with E-state index in [1.165, 1.54) is 0 Å². The first kappa shape index (κ1) is 20.1. The van der Waals surface area contributed by atoms with Gasteiger partial charge in [0, 0.05) is 24.8 Å². The fraction of sp³-hybridized carbons (Fsp3) is 0.158. The SMILES string of the molecule is O=C(NCCNc1ccc(Nc2cccnc2)nn1)c1ccc(C(F)(F)F)cc1. The van der Waals surface area contributed by atoms with Crippen LogP contribution in [0, 0.1) is 0 Å². The van der Waals surface area contributed by atoms with Crippen molar-refractivity contribution in [1.82, 2.24) is 20.5 Å². The van der Waals surface area contributed by atoms with Crippen LogP contribution in [0.4, 0.5) is 30.5 Å². The van der Waals surface area contributed by atoms with Gasteiger partial charge in [-0.3, -0.25) is 9.78 Å². The molecule has 0 fully saturated rings. The summed E-state index contributed by atoms with van der Waals surface area (Å²) in [5.74, 6) is 0.618. The normalized spacial score (nSPS) is 11.0. The van der Waals surface area contributed by atoms with Crippen LogP contribution in [-0.4, -0.2) is 34.2 Å². The molecule has 0 atom stereocenters. The highest BCUT2D eigenvalue weighted by Gasteiger charge is 2.30. The molecule has 0 aliphatic carbocycles. The average Bonchev–Trinajstić information content (AvgIpc) is 2.72. The largest absolute Gasteiger partial charge is 0.416 e. The number of anilines is 3. The molecule has 0 bridgehead atoms. The zero-order chi connectivity index (χ0) is 20.7. The Kier molecular flexibility index (Phi) is 6.22. The third kappa shape index (κ3) is 5.89. The number of benzene rings is 1. The summed E-state index contributed by atoms with van der Waals surface area (Å²) in [7, 11) is 0. The van der Waals surface area contributed by atoms with Crippen molar-refractivity contribution in [2.75, 3.05) is 23.7 Å². The summed E-state index contributed by atoms with van der Waals surface area (Å²) in [6.07, 6.45) is -1.10. The van der Waals surface area contributed by atoms with E-state index in [0.717, 1.165) is 30.0 Å². The molecule has 1 amide bonds. The zero-order valence-electron chi connectivity index (χ0n) is 15.1. The first-order valence-corrected chi connectivity index (χ1v) is 8.62. The van der Waals surface area contributed by atoms with Crippen LogP contribution in [0.2, 0.25) is 0 Å². The number of rotatable bonds is 7. The fourth-order valence-electron chi connectivity index (χ4n) is 2.36. The second-order valence-corrected chi connectivity index (χ2v) is 5.93. The van der Waals surface area contributed by atoms with Crippen LogP contribution < -0.4 is 16.0 Å². The number of hydrogen-bond donors (Lipinski definition) is 3. The third-order valence-electron chi connectivity index (χ3n) is 3.79. The zero-order valence-corrected chi connectivity index (χ0v) is 15.1. The van der Waals surface area contributed by atoms with Crippen LogP contribution >= 0.6 is 0 Å². The molecule has 0 unspecified atom stereocenters. The smallest absolute Gasteiger partial charge is 0.367 e. The molecule has 0 saturated carbocycles. The summed E-state index contributed by atoms with van der Waals surface area (Å²) < 4.78 is 37.6. The maximum atomic E-state index is 12.5. The minimum atomic E-state index is -4.43. The highest BCUT2D eigenvalue weighted by Crippen LogP contribution is 2.29. The van der Waals surface area contributed by atoms with Crippen molar-refractivity contribution in [1.29, 1.82) is 0 Å². The van der Waals surface area contributed by atoms with Crippen LogP contribution in [0.25, 0.3) is 0 Å². The molecule has 3 rings (SSSR count). The van der Waals surface area contributed by atoms with Gasteiger partial charge >= 0.3 is 6.18 Å². The molecule has 29 heavy (non-hydrogen) atoms. The Hall–Kier alpha value is -3.69. The van der Waals surface area contributed by atoms with E-state index in [9.17, 15) is 18.0 Å². The van der Waals surface area contributed by atoms with Crippen LogP contribution in [0.3, 0.4) is 0 Å². The van der Waals surface area contributed by atoms with E-state index in [2.05, 4.69) is 31.1 Å². The van der Waals surface area contributed by atoms with Gasteiger partial charge in [-0.2, -0.15) is 13.2 Å². The first-order chi connectivity index (χ1) is 13.9. The van der Waals surface area contributed by atoms with Crippen LogP contribution in [0.5, 0.6) is 0 Å². The summed E-state index contributed by atoms with van der Waals surface area (Å²) in [6, 6.07) is 11.2. The van der Waals surface area contributed by atoms with Crippen molar-refractivity contribution < 1.29 is 18.0 Å². The molecule has 7 nitrogen and oxygen atoms in total. The summed E-state index contributed by atoms with van der Waals surface area (Å²) >= 11 is 0. The number of pyridine rings is 1. The fourth-order valence-corrected chi connectivity index (χ4v) is 2.36. The minimum absolute atomic E-state index is 0.156. The Balaban J connectivity index is 1.42. The molecular formula is C19H17F3N6O. The second kappa shape index (κ2) is 9.00. The van der Waals surface area contributed by atoms with E-state index in [4.69, 9.17) is 0 Å². The quantitative estimate of drug-likeness (QED) is 0.524. The molecule has 0 saturated heterocycles. The summed E-state index contributed by atoms with van der Waals surface area (Å²) in [6.45, 7) is 0.633. The number of carbonyl (C=O) groups excluding carboxylic acids is 1. The van der Waals surface area contributed by atoms with Crippen LogP contribution in [0.15, 0.2) is 60.9 Å². The van der Waals surface area contributed by atoms with E-state index < -0.39 is 17.6 Å². The number of nitrogens with one attached hydrogen (secondary N) is 3. The molecule has 0 spiro atoms. The van der Waals surface area contributed by atoms with E-state index >= 15 is 0 Å². The molecule has 3 aromatic rings. The van der Waals surface area contributed by atoms with E-state index in [-0.39, 0.29) is 12.1 Å². The van der Waals surface area contributed by atoms with Gasteiger partial charge in [0.2, 0.25) is 0 Å². The summed E-state index contributed by atoms with van der Waals surface area (Å²) in [5.41, 5.74) is 0.146. The Morgan fingerprint density at radius 1 is 0.931 bits per heavy atom. The topological polar surface area (TPSA) is 91.8 Å². The molecule has 10 heteroatoms. The standard InChI is InChI=1S/C19H17F3N6O/c20-19(21,22)14-5-3-13(4-6-14)18(29)25-11-10-24-16-7-8-17(28-27-16)26-15-2-1-9-23-12-15/h1-9,12H,10-11H2,(H,24,27)(H,25,29)(H,26,28). The second-order valence-electron chi connectivity index (χ2n) is 5.93. The van der Waals surface area contributed by atoms with Crippen molar-refractivity contribution >= 4 is 23.2 Å². The van der Waals surface area contributed by atoms with Crippen LogP contribution in [0.1, 0.15) is 15.9 Å². The third-order valence-corrected chi connectivity index (χ3v) is 3.79. The van der Waals surface area contributed by atoms with Crippen molar-refractivity contribution in [3.8, 4) is 0 Å². The van der Waals surface area contributed by atoms with Gasteiger partial charge in [-0.1, -0.05) is 0 Å². The lowest BCUT2D eigenvalue weighted by Gasteiger charge is -2.09. The maximum Gasteiger partial charge on any atom is 0.416 e. The van der Waals surface area contributed by atoms with Gasteiger partial charge in [-0.05, 0) is 48.5 Å². The van der Waals surface area contributed by atoms with Crippen molar-refractivity contribution in [2.45, 2.75) is 6.18 Å². The van der Waals surface area contributed by atoms with E-state index in [0.29, 0.717) is 18.2 Å². The number of nitrogens with zero attached hydrogens (tertiary/aromatic N) is 3. The predicted octanol–water partition coefficient (Wildman–Crippen LogP) is 3.48. The number of hydrogen-bond acceptors (Lipinski definition) is 6. The Morgan fingerprint density at radius 3 is 2.28 bits per heavy atom. The van der Waals surface area contributed by atoms with Gasteiger partial charge in [0.25, 0.3) is 5.91 Å². The molecule has 2 aromatic heterocycles. The van der Waals surface area contributed by atoms with Gasteiger partial charge < -0.3 is 16.0 Å². The maximum absolute atomic E-state index is 12.5. The molecule has 0 radical (unpaired) electrons. The molecule has 3 N–H and O–H groups in total. The summed E-state index contributed by atoms with van der Waals surface area (Å²) in [5, 5.41) is 16.7. The van der Waals surface area contributed by atoms with Crippen LogP contribution in [-0.2, 0) is 6.18 Å². The van der Waals surface area contributed by atoms with E-state index in [1.807, 2.05) is 6.07 Å². The first-order valence-electron chi connectivity index (χ1n) is 8.62. The number of carbonyl (C=O) groups is 1. The van der Waals surface area contributed by atoms with Gasteiger partial charge in [0.1, 0.15) is 5.82 Å².